The van der Waals surface area contributed by atoms with Gasteiger partial charge >= 0.3 is 0 Å². The van der Waals surface area contributed by atoms with E-state index in [0.29, 0.717) is 0 Å². The molecule has 2 aromatic rings. The Kier molecular flexibility index (Phi) is 2.70. The van der Waals surface area contributed by atoms with Crippen LogP contribution in [0.15, 0.2) is 48.5 Å². The second-order valence-electron chi connectivity index (χ2n) is 4.44. The summed E-state index contributed by atoms with van der Waals surface area (Å²) in [7, 11) is 0. The van der Waals surface area contributed by atoms with Crippen LogP contribution in [-0.2, 0) is 11.2 Å². The molecule has 0 N–H and O–H groups in total. The molecule has 0 saturated carbocycles. The minimum atomic E-state index is -0.100. The van der Waals surface area contributed by atoms with E-state index in [1.165, 1.54) is 0 Å². The first-order valence-electron chi connectivity index (χ1n) is 6.02. The van der Waals surface area contributed by atoms with Gasteiger partial charge in [0.05, 0.1) is 0 Å². The number of carbonyl (C=O) groups excluding carboxylic acids is 1. The Balaban J connectivity index is 2.22. The van der Waals surface area contributed by atoms with Crippen LogP contribution >= 0.6 is 0 Å². The van der Waals surface area contributed by atoms with Crippen LogP contribution in [0.3, 0.4) is 0 Å². The maximum atomic E-state index is 11.3. The van der Waals surface area contributed by atoms with E-state index in [0.717, 1.165) is 35.0 Å². The van der Waals surface area contributed by atoms with Crippen LogP contribution in [0.5, 0.6) is 0 Å². The number of fused-ring (bicyclic) bond motifs is 2. The first-order valence-corrected chi connectivity index (χ1v) is 6.02. The highest BCUT2D eigenvalue weighted by Gasteiger charge is 2.17. The van der Waals surface area contributed by atoms with Crippen molar-refractivity contribution in [2.75, 3.05) is 0 Å². The lowest BCUT2D eigenvalue weighted by Gasteiger charge is -2.16. The second-order valence-corrected chi connectivity index (χ2v) is 4.44. The summed E-state index contributed by atoms with van der Waals surface area (Å²) in [5, 5.41) is 0. The predicted molar refractivity (Wildman–Crippen MR) is 71.4 cm³/mol. The van der Waals surface area contributed by atoms with Crippen LogP contribution in [0, 0.1) is 11.8 Å². The molecule has 1 aliphatic rings. The summed E-state index contributed by atoms with van der Waals surface area (Å²) in [5.41, 5.74) is 4.18. The summed E-state index contributed by atoms with van der Waals surface area (Å²) in [4.78, 5) is 11.3. The summed E-state index contributed by atoms with van der Waals surface area (Å²) in [5.74, 6) is 6.28. The molecule has 0 radical (unpaired) electrons. The Bertz CT molecular complexity index is 659. The fraction of sp³-hybridized carbons (Fsp3) is 0.118. The van der Waals surface area contributed by atoms with Crippen molar-refractivity contribution in [3.8, 4) is 11.8 Å². The molecule has 0 bridgehead atoms. The van der Waals surface area contributed by atoms with Gasteiger partial charge in [0, 0.05) is 17.0 Å². The Labute approximate surface area is 106 Å². The maximum Gasteiger partial charge on any atom is 0.127 e. The molecule has 0 saturated heterocycles. The van der Waals surface area contributed by atoms with Crippen molar-refractivity contribution in [2.24, 2.45) is 0 Å². The third-order valence-electron chi connectivity index (χ3n) is 3.31. The topological polar surface area (TPSA) is 17.1 Å². The van der Waals surface area contributed by atoms with Gasteiger partial charge in [0.15, 0.2) is 0 Å². The van der Waals surface area contributed by atoms with Crippen LogP contribution in [0.25, 0.3) is 0 Å². The van der Waals surface area contributed by atoms with Gasteiger partial charge in [-0.2, -0.15) is 0 Å². The van der Waals surface area contributed by atoms with E-state index in [-0.39, 0.29) is 5.92 Å². The minimum absolute atomic E-state index is 0.100. The molecular formula is C17H12O. The number of rotatable bonds is 1. The Hall–Kier alpha value is -2.33. The SMILES string of the molecule is O=CC1Cc2ccccc2C#Cc2ccccc21. The quantitative estimate of drug-likeness (QED) is 0.545. The number of benzene rings is 2. The van der Waals surface area contributed by atoms with Crippen molar-refractivity contribution in [3.63, 3.8) is 0 Å². The largest absolute Gasteiger partial charge is 0.303 e. The first kappa shape index (κ1) is 10.8. The molecule has 0 heterocycles. The molecule has 86 valence electrons. The Morgan fingerprint density at radius 1 is 0.944 bits per heavy atom. The molecule has 0 aliphatic heterocycles. The van der Waals surface area contributed by atoms with Crippen LogP contribution in [0.2, 0.25) is 0 Å². The van der Waals surface area contributed by atoms with E-state index in [9.17, 15) is 4.79 Å². The van der Waals surface area contributed by atoms with Crippen molar-refractivity contribution in [2.45, 2.75) is 12.3 Å². The molecule has 1 aliphatic carbocycles. The molecule has 1 atom stereocenters. The van der Waals surface area contributed by atoms with Gasteiger partial charge < -0.3 is 4.79 Å². The van der Waals surface area contributed by atoms with Gasteiger partial charge in [-0.1, -0.05) is 48.2 Å². The average Bonchev–Trinajstić information content (AvgIpc) is 2.41. The number of aldehydes is 1. The van der Waals surface area contributed by atoms with E-state index >= 15 is 0 Å². The first-order chi connectivity index (χ1) is 8.88. The van der Waals surface area contributed by atoms with E-state index in [1.54, 1.807) is 0 Å². The van der Waals surface area contributed by atoms with Crippen LogP contribution in [-0.4, -0.2) is 6.29 Å². The minimum Gasteiger partial charge on any atom is -0.303 e. The van der Waals surface area contributed by atoms with Crippen LogP contribution in [0.4, 0.5) is 0 Å². The second kappa shape index (κ2) is 4.50. The number of carbonyl (C=O) groups is 1. The number of hydrogen-bond donors (Lipinski definition) is 0. The fourth-order valence-electron chi connectivity index (χ4n) is 2.36. The molecule has 1 nitrogen and oxygen atoms in total. The fourth-order valence-corrected chi connectivity index (χ4v) is 2.36. The molecule has 1 heteroatoms. The van der Waals surface area contributed by atoms with Crippen molar-refractivity contribution >= 4 is 6.29 Å². The van der Waals surface area contributed by atoms with Gasteiger partial charge in [0.25, 0.3) is 0 Å². The highest BCUT2D eigenvalue weighted by Crippen LogP contribution is 2.25. The van der Waals surface area contributed by atoms with Crippen molar-refractivity contribution < 1.29 is 4.79 Å². The zero-order valence-corrected chi connectivity index (χ0v) is 9.89. The summed E-state index contributed by atoms with van der Waals surface area (Å²) >= 11 is 0. The number of hydrogen-bond acceptors (Lipinski definition) is 1. The smallest absolute Gasteiger partial charge is 0.127 e. The normalized spacial score (nSPS) is 16.3. The summed E-state index contributed by atoms with van der Waals surface area (Å²) < 4.78 is 0. The molecule has 1 unspecified atom stereocenters. The highest BCUT2D eigenvalue weighted by atomic mass is 16.1. The third kappa shape index (κ3) is 1.83. The third-order valence-corrected chi connectivity index (χ3v) is 3.31. The van der Waals surface area contributed by atoms with E-state index in [2.05, 4.69) is 17.9 Å². The van der Waals surface area contributed by atoms with Gasteiger partial charge in [-0.05, 0) is 29.7 Å². The zero-order chi connectivity index (χ0) is 12.4. The van der Waals surface area contributed by atoms with E-state index in [4.69, 9.17) is 0 Å². The van der Waals surface area contributed by atoms with Crippen LogP contribution < -0.4 is 0 Å². The monoisotopic (exact) mass is 232 g/mol. The predicted octanol–water partition coefficient (Wildman–Crippen LogP) is 2.93. The van der Waals surface area contributed by atoms with Crippen molar-refractivity contribution in [1.29, 1.82) is 0 Å². The molecule has 3 rings (SSSR count). The molecule has 0 spiro atoms. The molecule has 0 fully saturated rings. The molecule has 0 aromatic heterocycles. The summed E-state index contributed by atoms with van der Waals surface area (Å²) in [6.07, 6.45) is 1.76. The van der Waals surface area contributed by atoms with Gasteiger partial charge in [-0.3, -0.25) is 0 Å². The molecular weight excluding hydrogens is 220 g/mol. The van der Waals surface area contributed by atoms with Gasteiger partial charge in [0.2, 0.25) is 0 Å². The molecule has 0 amide bonds. The Morgan fingerprint density at radius 3 is 2.44 bits per heavy atom. The maximum absolute atomic E-state index is 11.3. The average molecular weight is 232 g/mol. The summed E-state index contributed by atoms with van der Waals surface area (Å²) in [6, 6.07) is 15.9. The summed E-state index contributed by atoms with van der Waals surface area (Å²) in [6.45, 7) is 0. The zero-order valence-electron chi connectivity index (χ0n) is 9.89. The van der Waals surface area contributed by atoms with Gasteiger partial charge in [0.1, 0.15) is 6.29 Å². The Morgan fingerprint density at radius 2 is 1.61 bits per heavy atom. The lowest BCUT2D eigenvalue weighted by molar-refractivity contribution is -0.109. The lowest BCUT2D eigenvalue weighted by Crippen LogP contribution is -2.09. The standard InChI is InChI=1S/C17H12O/c18-12-16-11-15-7-2-1-5-13(15)9-10-14-6-3-4-8-17(14)16/h1-8,12,16H,11H2. The molecule has 18 heavy (non-hydrogen) atoms. The van der Waals surface area contributed by atoms with Gasteiger partial charge in [-0.15, -0.1) is 0 Å². The molecule has 2 aromatic carbocycles. The van der Waals surface area contributed by atoms with Crippen LogP contribution in [0.1, 0.15) is 28.2 Å². The van der Waals surface area contributed by atoms with Gasteiger partial charge in [-0.25, -0.2) is 0 Å². The highest BCUT2D eigenvalue weighted by molar-refractivity contribution is 5.67. The van der Waals surface area contributed by atoms with E-state index < -0.39 is 0 Å². The van der Waals surface area contributed by atoms with Crippen molar-refractivity contribution in [1.82, 2.24) is 0 Å². The lowest BCUT2D eigenvalue weighted by atomic mass is 9.87. The van der Waals surface area contributed by atoms with E-state index in [1.807, 2.05) is 42.5 Å². The van der Waals surface area contributed by atoms with Crippen molar-refractivity contribution in [3.05, 3.63) is 70.8 Å².